The topological polar surface area (TPSA) is 50.4 Å². The maximum absolute atomic E-state index is 12.0. The van der Waals surface area contributed by atoms with Crippen LogP contribution < -0.4 is 15.4 Å². The van der Waals surface area contributed by atoms with Gasteiger partial charge in [-0.3, -0.25) is 4.79 Å². The summed E-state index contributed by atoms with van der Waals surface area (Å²) in [5.74, 6) is -0.176. The van der Waals surface area contributed by atoms with Crippen molar-refractivity contribution in [1.82, 2.24) is 10.6 Å². The highest BCUT2D eigenvalue weighted by molar-refractivity contribution is 5.94. The maximum Gasteiger partial charge on any atom is 0.387 e. The van der Waals surface area contributed by atoms with Crippen LogP contribution in [0.2, 0.25) is 0 Å². The molecule has 0 aromatic heterocycles. The number of amides is 1. The number of carbonyl (C=O) groups excluding carboxylic acids is 1. The van der Waals surface area contributed by atoms with Gasteiger partial charge in [0.15, 0.2) is 0 Å². The molecule has 0 spiro atoms. The molecule has 1 amide bonds. The first kappa shape index (κ1) is 14.7. The van der Waals surface area contributed by atoms with E-state index in [9.17, 15) is 13.6 Å². The van der Waals surface area contributed by atoms with Gasteiger partial charge in [0, 0.05) is 17.6 Å². The summed E-state index contributed by atoms with van der Waals surface area (Å²) >= 11 is 0. The smallest absolute Gasteiger partial charge is 0.387 e. The molecule has 4 nitrogen and oxygen atoms in total. The van der Waals surface area contributed by atoms with E-state index in [1.165, 1.54) is 24.3 Å². The number of alkyl halides is 2. The minimum absolute atomic E-state index is 0.0426. The minimum Gasteiger partial charge on any atom is -0.435 e. The van der Waals surface area contributed by atoms with Crippen molar-refractivity contribution in [3.8, 4) is 5.75 Å². The number of carbonyl (C=O) groups is 1. The summed E-state index contributed by atoms with van der Waals surface area (Å²) in [6.45, 7) is 0.718. The van der Waals surface area contributed by atoms with Gasteiger partial charge in [0.05, 0.1) is 0 Å². The molecule has 1 saturated heterocycles. The van der Waals surface area contributed by atoms with Crippen molar-refractivity contribution in [2.75, 3.05) is 13.1 Å². The Balaban J connectivity index is 1.89. The molecule has 1 heterocycles. The van der Waals surface area contributed by atoms with E-state index in [2.05, 4.69) is 22.3 Å². The number of rotatable bonds is 5. The van der Waals surface area contributed by atoms with Crippen LogP contribution >= 0.6 is 0 Å². The largest absolute Gasteiger partial charge is 0.435 e. The lowest BCUT2D eigenvalue weighted by atomic mass is 10.0. The van der Waals surface area contributed by atoms with E-state index in [4.69, 9.17) is 0 Å². The normalized spacial score (nSPS) is 22.0. The average molecular weight is 284 g/mol. The van der Waals surface area contributed by atoms with E-state index >= 15 is 0 Å². The van der Waals surface area contributed by atoms with Crippen molar-refractivity contribution in [1.29, 1.82) is 0 Å². The summed E-state index contributed by atoms with van der Waals surface area (Å²) in [7, 11) is 0. The number of hydrogen-bond acceptors (Lipinski definition) is 3. The van der Waals surface area contributed by atoms with Crippen molar-refractivity contribution < 1.29 is 18.3 Å². The lowest BCUT2D eigenvalue weighted by Gasteiger charge is -2.24. The van der Waals surface area contributed by atoms with E-state index in [-0.39, 0.29) is 17.2 Å². The number of nitrogens with one attached hydrogen (secondary N) is 2. The molecule has 1 fully saturated rings. The van der Waals surface area contributed by atoms with Crippen molar-refractivity contribution in [2.45, 2.75) is 31.9 Å². The first-order chi connectivity index (χ1) is 9.48. The standard InChI is InChI=1S/C14H18F2N2O2/c1-14(7-2-8-18-14)9-17-12(19)10-3-5-11(6-4-10)20-13(15)16/h3-6,13,18H,2,7-9H2,1H3,(H,17,19). The van der Waals surface area contributed by atoms with Gasteiger partial charge in [-0.2, -0.15) is 8.78 Å². The van der Waals surface area contributed by atoms with Gasteiger partial charge in [-0.15, -0.1) is 0 Å². The zero-order valence-electron chi connectivity index (χ0n) is 11.3. The van der Waals surface area contributed by atoms with Crippen LogP contribution in [0.4, 0.5) is 8.78 Å². The maximum atomic E-state index is 12.0. The second-order valence-electron chi connectivity index (χ2n) is 5.18. The number of halogens is 2. The molecule has 1 unspecified atom stereocenters. The zero-order valence-corrected chi connectivity index (χ0v) is 11.3. The highest BCUT2D eigenvalue weighted by Gasteiger charge is 2.28. The van der Waals surface area contributed by atoms with E-state index in [0.29, 0.717) is 12.1 Å². The molecular formula is C14H18F2N2O2. The highest BCUT2D eigenvalue weighted by atomic mass is 19.3. The summed E-state index contributed by atoms with van der Waals surface area (Å²) in [4.78, 5) is 11.9. The van der Waals surface area contributed by atoms with Crippen molar-refractivity contribution >= 4 is 5.91 Å². The summed E-state index contributed by atoms with van der Waals surface area (Å²) in [5, 5.41) is 6.20. The van der Waals surface area contributed by atoms with Gasteiger partial charge in [0.25, 0.3) is 5.91 Å². The Morgan fingerprint density at radius 3 is 2.70 bits per heavy atom. The van der Waals surface area contributed by atoms with E-state index in [1.807, 2.05) is 0 Å². The van der Waals surface area contributed by atoms with E-state index in [0.717, 1.165) is 19.4 Å². The third-order valence-corrected chi connectivity index (χ3v) is 3.44. The molecule has 1 aliphatic heterocycles. The van der Waals surface area contributed by atoms with Gasteiger partial charge in [-0.1, -0.05) is 0 Å². The summed E-state index contributed by atoms with van der Waals surface area (Å²) < 4.78 is 28.2. The minimum atomic E-state index is -2.86. The second kappa shape index (κ2) is 6.17. The molecule has 2 N–H and O–H groups in total. The Labute approximate surface area is 116 Å². The Hall–Kier alpha value is -1.69. The van der Waals surface area contributed by atoms with E-state index in [1.54, 1.807) is 0 Å². The van der Waals surface area contributed by atoms with Crippen LogP contribution in [0.1, 0.15) is 30.1 Å². The molecule has 1 aromatic rings. The third kappa shape index (κ3) is 3.90. The molecular weight excluding hydrogens is 266 g/mol. The lowest BCUT2D eigenvalue weighted by Crippen LogP contribution is -2.47. The Morgan fingerprint density at radius 1 is 1.45 bits per heavy atom. The fraction of sp³-hybridized carbons (Fsp3) is 0.500. The predicted molar refractivity (Wildman–Crippen MR) is 71.0 cm³/mol. The van der Waals surface area contributed by atoms with Crippen molar-refractivity contribution in [2.24, 2.45) is 0 Å². The lowest BCUT2D eigenvalue weighted by molar-refractivity contribution is -0.0498. The Morgan fingerprint density at radius 2 is 2.15 bits per heavy atom. The van der Waals surface area contributed by atoms with Gasteiger partial charge in [-0.25, -0.2) is 0 Å². The van der Waals surface area contributed by atoms with Crippen LogP contribution in [-0.2, 0) is 0 Å². The van der Waals surface area contributed by atoms with Crippen LogP contribution in [-0.4, -0.2) is 31.1 Å². The molecule has 6 heteroatoms. The molecule has 1 atom stereocenters. The summed E-state index contributed by atoms with van der Waals surface area (Å²) in [5.41, 5.74) is 0.363. The molecule has 0 bridgehead atoms. The molecule has 0 aliphatic carbocycles. The molecule has 1 aliphatic rings. The molecule has 110 valence electrons. The number of hydrogen-bond donors (Lipinski definition) is 2. The summed E-state index contributed by atoms with van der Waals surface area (Å²) in [6.07, 6.45) is 2.13. The third-order valence-electron chi connectivity index (χ3n) is 3.44. The van der Waals surface area contributed by atoms with Gasteiger partial charge in [0.1, 0.15) is 5.75 Å². The fourth-order valence-corrected chi connectivity index (χ4v) is 2.27. The predicted octanol–water partition coefficient (Wildman–Crippen LogP) is 2.16. The van der Waals surface area contributed by atoms with Crippen LogP contribution in [0.15, 0.2) is 24.3 Å². The quantitative estimate of drug-likeness (QED) is 0.871. The SMILES string of the molecule is CC1(CNC(=O)c2ccc(OC(F)F)cc2)CCCN1. The van der Waals surface area contributed by atoms with E-state index < -0.39 is 6.61 Å². The second-order valence-corrected chi connectivity index (χ2v) is 5.18. The molecule has 20 heavy (non-hydrogen) atoms. The Bertz CT molecular complexity index is 457. The molecule has 0 saturated carbocycles. The monoisotopic (exact) mass is 284 g/mol. The van der Waals surface area contributed by atoms with Gasteiger partial charge in [0.2, 0.25) is 0 Å². The number of ether oxygens (including phenoxy) is 1. The van der Waals surface area contributed by atoms with Crippen LogP contribution in [0, 0.1) is 0 Å². The first-order valence-corrected chi connectivity index (χ1v) is 6.57. The molecule has 2 rings (SSSR count). The van der Waals surface area contributed by atoms with Crippen molar-refractivity contribution in [3.63, 3.8) is 0 Å². The van der Waals surface area contributed by atoms with Gasteiger partial charge in [-0.05, 0) is 50.6 Å². The van der Waals surface area contributed by atoms with Crippen LogP contribution in [0.3, 0.4) is 0 Å². The van der Waals surface area contributed by atoms with Crippen LogP contribution in [0.5, 0.6) is 5.75 Å². The van der Waals surface area contributed by atoms with Crippen molar-refractivity contribution in [3.05, 3.63) is 29.8 Å². The molecule has 0 radical (unpaired) electrons. The first-order valence-electron chi connectivity index (χ1n) is 6.57. The summed E-state index contributed by atoms with van der Waals surface area (Å²) in [6, 6.07) is 5.65. The Kier molecular flexibility index (Phi) is 4.54. The molecule has 1 aromatic carbocycles. The number of benzene rings is 1. The van der Waals surface area contributed by atoms with Crippen LogP contribution in [0.25, 0.3) is 0 Å². The zero-order chi connectivity index (χ0) is 14.6. The highest BCUT2D eigenvalue weighted by Crippen LogP contribution is 2.18. The van der Waals surface area contributed by atoms with Gasteiger partial charge >= 0.3 is 6.61 Å². The average Bonchev–Trinajstić information content (AvgIpc) is 2.84. The van der Waals surface area contributed by atoms with Gasteiger partial charge < -0.3 is 15.4 Å². The fourth-order valence-electron chi connectivity index (χ4n) is 2.27.